The van der Waals surface area contributed by atoms with Crippen molar-refractivity contribution in [3.63, 3.8) is 0 Å². The highest BCUT2D eigenvalue weighted by molar-refractivity contribution is 6.62. The predicted molar refractivity (Wildman–Crippen MR) is 460 cm³/mol. The van der Waals surface area contributed by atoms with Gasteiger partial charge in [0.2, 0.25) is 0 Å². The molecule has 2 saturated heterocycles. The molecule has 13 rings (SSSR count). The molecule has 108 heavy (non-hydrogen) atoms. The lowest BCUT2D eigenvalue weighted by Gasteiger charge is -2.44. The number of rotatable bonds is 28. The minimum atomic E-state index is -0.368. The van der Waals surface area contributed by atoms with Gasteiger partial charge in [-0.2, -0.15) is 0 Å². The number of aryl methyl sites for hydroxylation is 2. The molecular weight excluding hydrogens is 1310 g/mol. The van der Waals surface area contributed by atoms with Crippen molar-refractivity contribution in [3.8, 4) is 11.1 Å². The molecule has 6 aliphatic carbocycles. The molecule has 5 aromatic rings. The van der Waals surface area contributed by atoms with E-state index >= 15 is 0 Å². The third kappa shape index (κ3) is 18.3. The highest BCUT2D eigenvalue weighted by Crippen LogP contribution is 2.48. The normalized spacial score (nSPS) is 25.1. The van der Waals surface area contributed by atoms with Crippen LogP contribution in [0.1, 0.15) is 289 Å². The molecule has 5 aromatic carbocycles. The lowest BCUT2D eigenvalue weighted by molar-refractivity contribution is 0.00578. The Balaban J connectivity index is 0.786. The second-order valence-corrected chi connectivity index (χ2v) is 36.7. The first-order valence-corrected chi connectivity index (χ1v) is 42.9. The van der Waals surface area contributed by atoms with Gasteiger partial charge in [0.15, 0.2) is 0 Å². The number of hydrogen-bond acceptors (Lipinski definition) is 6. The summed E-state index contributed by atoms with van der Waals surface area (Å²) in [6.07, 6.45) is 56.0. The minimum Gasteiger partial charge on any atom is -0.400 e. The Kier molecular flexibility index (Phi) is 25.4. The summed E-state index contributed by atoms with van der Waals surface area (Å²) in [5.41, 5.74) is 23.7. The molecule has 8 unspecified atom stereocenters. The van der Waals surface area contributed by atoms with Crippen molar-refractivity contribution in [1.82, 2.24) is 4.90 Å². The number of hydrogen-bond donors (Lipinski definition) is 0. The van der Waals surface area contributed by atoms with Crippen molar-refractivity contribution < 1.29 is 18.6 Å². The maximum absolute atomic E-state index is 6.54. The lowest BCUT2D eigenvalue weighted by Crippen LogP contribution is -2.43. The van der Waals surface area contributed by atoms with Crippen molar-refractivity contribution in [2.75, 3.05) is 4.90 Å². The van der Waals surface area contributed by atoms with Crippen LogP contribution >= 0.6 is 0 Å². The molecular formula is C100H132B2N2O4. The summed E-state index contributed by atoms with van der Waals surface area (Å²) >= 11 is 0. The molecule has 0 saturated carbocycles. The monoisotopic (exact) mass is 1450 g/mol. The molecule has 2 aliphatic heterocycles. The quantitative estimate of drug-likeness (QED) is 0.0282. The molecule has 8 heteroatoms. The van der Waals surface area contributed by atoms with Crippen molar-refractivity contribution in [1.29, 1.82) is 0 Å². The van der Waals surface area contributed by atoms with Crippen LogP contribution in [0.2, 0.25) is 0 Å². The zero-order chi connectivity index (χ0) is 76.1. The fourth-order valence-corrected chi connectivity index (χ4v) is 18.7. The highest BCUT2D eigenvalue weighted by Gasteiger charge is 2.53. The van der Waals surface area contributed by atoms with Crippen LogP contribution in [0, 0.1) is 23.7 Å². The second-order valence-electron chi connectivity index (χ2n) is 36.7. The smallest absolute Gasteiger partial charge is 0.400 e. The summed E-state index contributed by atoms with van der Waals surface area (Å²) < 4.78 is 26.0. The lowest BCUT2D eigenvalue weighted by atomic mass is 9.68. The Labute approximate surface area is 655 Å². The molecule has 2 heterocycles. The van der Waals surface area contributed by atoms with E-state index < -0.39 is 0 Å². The van der Waals surface area contributed by atoms with E-state index in [0.29, 0.717) is 53.5 Å². The Hall–Kier alpha value is -6.67. The maximum Gasteiger partial charge on any atom is 0.494 e. The van der Waals surface area contributed by atoms with Crippen LogP contribution in [-0.2, 0) is 44.3 Å². The molecule has 0 aromatic heterocycles. The first kappa shape index (κ1) is 79.4. The fraction of sp³-hybridized carbons (Fsp3) is 0.520. The fourth-order valence-electron chi connectivity index (χ4n) is 18.7. The molecule has 0 radical (unpaired) electrons. The van der Waals surface area contributed by atoms with Crippen LogP contribution < -0.4 is 10.4 Å². The molecule has 8 aliphatic rings. The Bertz CT molecular complexity index is 4160. The Morgan fingerprint density at radius 3 is 1.60 bits per heavy atom. The average molecular weight is 1450 g/mol. The molecule has 0 amide bonds. The van der Waals surface area contributed by atoms with Crippen molar-refractivity contribution in [3.05, 3.63) is 255 Å². The van der Waals surface area contributed by atoms with E-state index in [-0.39, 0.29) is 42.7 Å². The van der Waals surface area contributed by atoms with Crippen molar-refractivity contribution in [2.24, 2.45) is 23.7 Å². The van der Waals surface area contributed by atoms with Crippen molar-refractivity contribution >= 4 is 31.0 Å². The van der Waals surface area contributed by atoms with Gasteiger partial charge in [0, 0.05) is 46.9 Å². The molecule has 0 spiro atoms. The van der Waals surface area contributed by atoms with Gasteiger partial charge >= 0.3 is 14.2 Å². The van der Waals surface area contributed by atoms with Gasteiger partial charge in [-0.05, 0) is 298 Å². The number of nitrogens with zero attached hydrogens (tertiary/aromatic N) is 2. The highest BCUT2D eigenvalue weighted by atomic mass is 16.7. The van der Waals surface area contributed by atoms with Crippen LogP contribution in [0.5, 0.6) is 0 Å². The standard InChI is InChI=1S/C100H132B2N2O4/c1-17-19-21-23-25-83-67-96(94-62-60-92(66-72(94)8)104(88-53-41-80(42-54-88)76-33-29-74(30-34-76)64-70(5)6)90-57-45-82(46-58-90)78-37-49-86(50-38-78)102-107-99(13,14)100(15,16)108-102)84(26-24-22-20-18-2)68-95(83)93-61-59-91(65-71(93)7)103(87-51-39-79(40-52-87)75-31-27-73(28-32-75)63-69(3)4)89-55-43-81(44-56-89)77-35-47-85(48-36-77)101-105-97(9,10)98(11,12)106-101/h27-36,39,41-43,45,47-49,51-55,57-58,62,65-70,78-79,81-82,89,91-93H,17-26,37-38,40,44,46,50,56,59-61,63-64H2,1-16H3. The van der Waals surface area contributed by atoms with Crippen LogP contribution in [0.4, 0.5) is 5.69 Å². The van der Waals surface area contributed by atoms with Crippen LogP contribution in [0.15, 0.2) is 210 Å². The average Bonchev–Trinajstić information content (AvgIpc) is 0.997. The van der Waals surface area contributed by atoms with Gasteiger partial charge in [-0.1, -0.05) is 243 Å². The number of unbranched alkanes of at least 4 members (excludes halogenated alkanes) is 6. The third-order valence-electron chi connectivity index (χ3n) is 26.6. The summed E-state index contributed by atoms with van der Waals surface area (Å²) in [6, 6.07) is 43.7. The van der Waals surface area contributed by atoms with E-state index in [4.69, 9.17) is 18.6 Å². The zero-order valence-electron chi connectivity index (χ0n) is 69.3. The molecule has 2 fully saturated rings. The summed E-state index contributed by atoms with van der Waals surface area (Å²) in [4.78, 5) is 5.53. The minimum absolute atomic E-state index is 0.163. The number of anilines is 1. The maximum atomic E-state index is 6.54. The summed E-state index contributed by atoms with van der Waals surface area (Å²) in [5, 5.41) is 0. The first-order chi connectivity index (χ1) is 51.8. The van der Waals surface area contributed by atoms with Gasteiger partial charge in [0.25, 0.3) is 0 Å². The molecule has 0 bridgehead atoms. The predicted octanol–water partition coefficient (Wildman–Crippen LogP) is 25.3. The number of benzene rings is 5. The topological polar surface area (TPSA) is 43.4 Å². The SMILES string of the molecule is CCCCCCc1cc(C2CCC(N(C3=CCC(c4ccc(CC(C)C)cc4)C=C3)C3C=CC(c4ccc(B5OC(C)(C)C(C)(C)O5)cc4)CC3)C=C2C)c(CCCCCC)cc1C1=CCC(N(C2=CCC(C3CC=C(B4OC(C)(C)C(C)(C)O4)CC3)C=C2)c2ccc(-c3ccc(CC(C)C)cc3)cc2)C=C1C. The second kappa shape index (κ2) is 34.5. The van der Waals surface area contributed by atoms with Gasteiger partial charge in [-0.3, -0.25) is 0 Å². The van der Waals surface area contributed by atoms with Gasteiger partial charge in [-0.25, -0.2) is 0 Å². The van der Waals surface area contributed by atoms with Gasteiger partial charge in [0.05, 0.1) is 28.4 Å². The molecule has 6 nitrogen and oxygen atoms in total. The van der Waals surface area contributed by atoms with E-state index in [9.17, 15) is 0 Å². The number of allylic oxidation sites excluding steroid dienone is 12. The molecule has 572 valence electrons. The van der Waals surface area contributed by atoms with Gasteiger partial charge in [-0.15, -0.1) is 0 Å². The van der Waals surface area contributed by atoms with Crippen LogP contribution in [-0.4, -0.2) is 59.7 Å². The van der Waals surface area contributed by atoms with E-state index in [1.54, 1.807) is 22.3 Å². The zero-order valence-corrected chi connectivity index (χ0v) is 69.3. The van der Waals surface area contributed by atoms with E-state index in [1.807, 2.05) is 0 Å². The van der Waals surface area contributed by atoms with Gasteiger partial charge in [0.1, 0.15) is 0 Å². The largest absolute Gasteiger partial charge is 0.494 e. The third-order valence-corrected chi connectivity index (χ3v) is 26.6. The van der Waals surface area contributed by atoms with Crippen LogP contribution in [0.3, 0.4) is 0 Å². The van der Waals surface area contributed by atoms with Crippen LogP contribution in [0.25, 0.3) is 16.7 Å². The van der Waals surface area contributed by atoms with Crippen molar-refractivity contribution in [2.45, 2.75) is 310 Å². The van der Waals surface area contributed by atoms with E-state index in [1.165, 1.54) is 124 Å². The Morgan fingerprint density at radius 2 is 1.06 bits per heavy atom. The first-order valence-electron chi connectivity index (χ1n) is 42.9. The Morgan fingerprint density at radius 1 is 0.481 bits per heavy atom. The van der Waals surface area contributed by atoms with Gasteiger partial charge < -0.3 is 28.4 Å². The van der Waals surface area contributed by atoms with E-state index in [0.717, 1.165) is 95.4 Å². The molecule has 8 atom stereocenters. The summed E-state index contributed by atoms with van der Waals surface area (Å²) in [6.45, 7) is 36.1. The molecule has 0 N–H and O–H groups in total. The summed E-state index contributed by atoms with van der Waals surface area (Å²) in [7, 11) is -0.597. The van der Waals surface area contributed by atoms with E-state index in [2.05, 4.69) is 303 Å². The summed E-state index contributed by atoms with van der Waals surface area (Å²) in [5.74, 6) is 3.50.